The summed E-state index contributed by atoms with van der Waals surface area (Å²) in [5.41, 5.74) is 0. The molecule has 0 saturated heterocycles. The minimum absolute atomic E-state index is 0.183. The normalized spacial score (nSPS) is 12.5. The molecule has 0 aliphatic carbocycles. The Balaban J connectivity index is 2.98. The largest absolute Gasteiger partial charge is 0.394 e. The van der Waals surface area contributed by atoms with Crippen LogP contribution in [0.1, 0.15) is 6.42 Å². The van der Waals surface area contributed by atoms with Gasteiger partial charge in [0.1, 0.15) is 0 Å². The molecule has 0 bridgehead atoms. The molecule has 3 nitrogen and oxygen atoms in total. The average molecular weight is 143 g/mol. The number of aliphatic hydroxyl groups excluding tert-OH is 2. The summed E-state index contributed by atoms with van der Waals surface area (Å²) >= 11 is 0. The van der Waals surface area contributed by atoms with E-state index in [1.165, 1.54) is 0 Å². The van der Waals surface area contributed by atoms with E-state index in [0.29, 0.717) is 19.5 Å². The van der Waals surface area contributed by atoms with Gasteiger partial charge in [-0.2, -0.15) is 0 Å². The molecule has 0 saturated carbocycles. The Morgan fingerprint density at radius 2 is 2.30 bits per heavy atom. The summed E-state index contributed by atoms with van der Waals surface area (Å²) < 4.78 is 0. The second kappa shape index (κ2) is 6.56. The Labute approximate surface area is 61.1 Å². The van der Waals surface area contributed by atoms with E-state index in [-0.39, 0.29) is 6.61 Å². The lowest BCUT2D eigenvalue weighted by molar-refractivity contribution is 0.0886. The number of nitrogens with one attached hydrogen (secondary N) is 1. The number of aliphatic hydroxyl groups is 2. The first-order chi connectivity index (χ1) is 4.81. The summed E-state index contributed by atoms with van der Waals surface area (Å²) in [5.74, 6) is 2.40. The molecular formula is C7H13NO2. The fraction of sp³-hybridized carbons (Fsp3) is 0.714. The van der Waals surface area contributed by atoms with Crippen molar-refractivity contribution in [2.75, 3.05) is 19.7 Å². The predicted octanol–water partition coefficient (Wildman–Crippen LogP) is -1.05. The summed E-state index contributed by atoms with van der Waals surface area (Å²) in [5, 5.41) is 20.1. The summed E-state index contributed by atoms with van der Waals surface area (Å²) in [4.78, 5) is 0. The number of terminal acetylenes is 1. The lowest BCUT2D eigenvalue weighted by Crippen LogP contribution is -2.22. The molecule has 0 aliphatic rings. The van der Waals surface area contributed by atoms with Crippen molar-refractivity contribution < 1.29 is 10.2 Å². The van der Waals surface area contributed by atoms with Gasteiger partial charge in [0.2, 0.25) is 0 Å². The molecule has 0 unspecified atom stereocenters. The molecule has 0 amide bonds. The van der Waals surface area contributed by atoms with Crippen LogP contribution in [0.25, 0.3) is 0 Å². The summed E-state index contributed by atoms with van der Waals surface area (Å²) in [6, 6.07) is 0. The van der Waals surface area contributed by atoms with Crippen molar-refractivity contribution in [3.63, 3.8) is 0 Å². The molecule has 0 aromatic rings. The van der Waals surface area contributed by atoms with E-state index in [2.05, 4.69) is 11.2 Å². The third-order valence-electron chi connectivity index (χ3n) is 1.09. The zero-order valence-corrected chi connectivity index (χ0v) is 5.88. The van der Waals surface area contributed by atoms with E-state index in [1.807, 2.05) is 0 Å². The Bertz CT molecular complexity index is 109. The standard InChI is InChI=1S/C7H13NO2/c1-2-4-8-5-3-7(10)6-9/h1,7-10H,3-6H2/t7-/m0/s1. The smallest absolute Gasteiger partial charge is 0.0783 e. The fourth-order valence-electron chi connectivity index (χ4n) is 0.521. The maximum atomic E-state index is 8.82. The third kappa shape index (κ3) is 5.57. The van der Waals surface area contributed by atoms with Gasteiger partial charge < -0.3 is 15.5 Å². The van der Waals surface area contributed by atoms with Gasteiger partial charge in [0.25, 0.3) is 0 Å². The Morgan fingerprint density at radius 1 is 1.60 bits per heavy atom. The van der Waals surface area contributed by atoms with Gasteiger partial charge in [0, 0.05) is 0 Å². The zero-order chi connectivity index (χ0) is 7.82. The van der Waals surface area contributed by atoms with E-state index in [1.54, 1.807) is 0 Å². The molecule has 0 aliphatic heterocycles. The van der Waals surface area contributed by atoms with E-state index in [0.717, 1.165) is 0 Å². The number of rotatable bonds is 5. The second-order valence-corrected chi connectivity index (χ2v) is 2.01. The molecule has 0 aromatic carbocycles. The first-order valence-electron chi connectivity index (χ1n) is 3.24. The van der Waals surface area contributed by atoms with Crippen LogP contribution in [0.4, 0.5) is 0 Å². The first-order valence-corrected chi connectivity index (χ1v) is 3.24. The maximum Gasteiger partial charge on any atom is 0.0783 e. The van der Waals surface area contributed by atoms with Crippen molar-refractivity contribution in [1.29, 1.82) is 0 Å². The summed E-state index contributed by atoms with van der Waals surface area (Å²) in [6.07, 6.45) is 4.87. The van der Waals surface area contributed by atoms with Crippen molar-refractivity contribution >= 4 is 0 Å². The van der Waals surface area contributed by atoms with Gasteiger partial charge in [-0.3, -0.25) is 0 Å². The minimum atomic E-state index is -0.620. The van der Waals surface area contributed by atoms with Crippen LogP contribution in [0.15, 0.2) is 0 Å². The minimum Gasteiger partial charge on any atom is -0.394 e. The first kappa shape index (κ1) is 9.44. The highest BCUT2D eigenvalue weighted by Gasteiger charge is 1.98. The van der Waals surface area contributed by atoms with Gasteiger partial charge in [-0.25, -0.2) is 0 Å². The van der Waals surface area contributed by atoms with Gasteiger partial charge in [0.15, 0.2) is 0 Å². The summed E-state index contributed by atoms with van der Waals surface area (Å²) in [7, 11) is 0. The van der Waals surface area contributed by atoms with E-state index in [4.69, 9.17) is 16.6 Å². The van der Waals surface area contributed by atoms with E-state index in [9.17, 15) is 0 Å². The molecule has 3 N–H and O–H groups in total. The van der Waals surface area contributed by atoms with Crippen LogP contribution in [0.5, 0.6) is 0 Å². The number of hydrogen-bond acceptors (Lipinski definition) is 3. The lowest BCUT2D eigenvalue weighted by Gasteiger charge is -2.05. The van der Waals surface area contributed by atoms with Crippen LogP contribution in [0.3, 0.4) is 0 Å². The van der Waals surface area contributed by atoms with Gasteiger partial charge in [-0.1, -0.05) is 5.92 Å². The SMILES string of the molecule is C#CCNCC[C@H](O)CO. The monoisotopic (exact) mass is 143 g/mol. The molecule has 58 valence electrons. The fourth-order valence-corrected chi connectivity index (χ4v) is 0.521. The molecule has 0 fully saturated rings. The third-order valence-corrected chi connectivity index (χ3v) is 1.09. The average Bonchev–Trinajstić information content (AvgIpc) is 1.98. The van der Waals surface area contributed by atoms with Crippen molar-refractivity contribution in [3.8, 4) is 12.3 Å². The predicted molar refractivity (Wildman–Crippen MR) is 39.4 cm³/mol. The zero-order valence-electron chi connectivity index (χ0n) is 5.88. The van der Waals surface area contributed by atoms with Crippen LogP contribution in [-0.2, 0) is 0 Å². The highest BCUT2D eigenvalue weighted by Crippen LogP contribution is 1.85. The van der Waals surface area contributed by atoms with Crippen LogP contribution >= 0.6 is 0 Å². The molecule has 0 aromatic heterocycles. The Morgan fingerprint density at radius 3 is 2.80 bits per heavy atom. The Hall–Kier alpha value is -0.560. The molecule has 0 heterocycles. The van der Waals surface area contributed by atoms with Crippen LogP contribution < -0.4 is 5.32 Å². The van der Waals surface area contributed by atoms with Crippen molar-refractivity contribution in [3.05, 3.63) is 0 Å². The molecule has 0 rings (SSSR count). The lowest BCUT2D eigenvalue weighted by atomic mass is 10.3. The maximum absolute atomic E-state index is 8.82. The van der Waals surface area contributed by atoms with E-state index >= 15 is 0 Å². The van der Waals surface area contributed by atoms with Crippen LogP contribution in [0.2, 0.25) is 0 Å². The van der Waals surface area contributed by atoms with Crippen LogP contribution in [-0.4, -0.2) is 36.0 Å². The number of hydrogen-bond donors (Lipinski definition) is 3. The van der Waals surface area contributed by atoms with E-state index < -0.39 is 6.10 Å². The van der Waals surface area contributed by atoms with Gasteiger partial charge in [0.05, 0.1) is 19.3 Å². The topological polar surface area (TPSA) is 52.5 Å². The van der Waals surface area contributed by atoms with Gasteiger partial charge in [-0.15, -0.1) is 6.42 Å². The molecule has 0 radical (unpaired) electrons. The molecule has 1 atom stereocenters. The van der Waals surface area contributed by atoms with Crippen molar-refractivity contribution in [2.45, 2.75) is 12.5 Å². The molecule has 3 heteroatoms. The van der Waals surface area contributed by atoms with Gasteiger partial charge in [-0.05, 0) is 13.0 Å². The molecular weight excluding hydrogens is 130 g/mol. The van der Waals surface area contributed by atoms with Crippen molar-refractivity contribution in [1.82, 2.24) is 5.32 Å². The highest BCUT2D eigenvalue weighted by molar-refractivity contribution is 4.86. The summed E-state index contributed by atoms with van der Waals surface area (Å²) in [6.45, 7) is 0.974. The molecule has 10 heavy (non-hydrogen) atoms. The van der Waals surface area contributed by atoms with Gasteiger partial charge >= 0.3 is 0 Å². The molecule has 0 spiro atoms. The highest BCUT2D eigenvalue weighted by atomic mass is 16.3. The van der Waals surface area contributed by atoms with Crippen LogP contribution in [0, 0.1) is 12.3 Å². The second-order valence-electron chi connectivity index (χ2n) is 2.01. The van der Waals surface area contributed by atoms with Crippen molar-refractivity contribution in [2.24, 2.45) is 0 Å². The quantitative estimate of drug-likeness (QED) is 0.340. The Kier molecular flexibility index (Phi) is 6.19.